The van der Waals surface area contributed by atoms with Crippen LogP contribution in [0.25, 0.3) is 22.7 Å². The van der Waals surface area contributed by atoms with Gasteiger partial charge in [-0.1, -0.05) is 47.5 Å². The molecule has 0 atom stereocenters. The van der Waals surface area contributed by atoms with Gasteiger partial charge in [0.2, 0.25) is 11.8 Å². The molecule has 2 N–H and O–H groups in total. The van der Waals surface area contributed by atoms with Gasteiger partial charge in [-0.2, -0.15) is 0 Å². The second kappa shape index (κ2) is 8.13. The molecule has 0 aliphatic rings. The standard InChI is InChI=1S/C23H18Cl2N4O2/c1-23(2,22-29-28-21(31-22)13-6-4-3-5-7-13)16-10-11-18(27-19(16)20(26)30)15-9-8-14(24)12-17(15)25/h3-12H,1-2H3,(H2,26,30). The van der Waals surface area contributed by atoms with Crippen molar-refractivity contribution in [2.45, 2.75) is 19.3 Å². The molecule has 0 saturated heterocycles. The summed E-state index contributed by atoms with van der Waals surface area (Å²) in [6, 6.07) is 18.1. The molecule has 0 radical (unpaired) electrons. The van der Waals surface area contributed by atoms with Gasteiger partial charge in [0.15, 0.2) is 0 Å². The van der Waals surface area contributed by atoms with E-state index in [0.717, 1.165) is 5.56 Å². The Kier molecular flexibility index (Phi) is 5.52. The highest BCUT2D eigenvalue weighted by Crippen LogP contribution is 2.36. The first-order valence-corrected chi connectivity index (χ1v) is 10.2. The Labute approximate surface area is 189 Å². The van der Waals surface area contributed by atoms with E-state index in [-0.39, 0.29) is 5.69 Å². The van der Waals surface area contributed by atoms with Crippen molar-refractivity contribution in [1.29, 1.82) is 0 Å². The maximum Gasteiger partial charge on any atom is 0.267 e. The third-order valence-electron chi connectivity index (χ3n) is 4.99. The summed E-state index contributed by atoms with van der Waals surface area (Å²) in [7, 11) is 0. The highest BCUT2D eigenvalue weighted by atomic mass is 35.5. The van der Waals surface area contributed by atoms with Crippen molar-refractivity contribution in [3.63, 3.8) is 0 Å². The molecule has 0 saturated carbocycles. The molecule has 1 amide bonds. The van der Waals surface area contributed by atoms with Crippen LogP contribution in [-0.2, 0) is 5.41 Å². The highest BCUT2D eigenvalue weighted by molar-refractivity contribution is 6.36. The predicted octanol–water partition coefficient (Wildman–Crippen LogP) is 5.53. The average molecular weight is 453 g/mol. The number of rotatable bonds is 5. The lowest BCUT2D eigenvalue weighted by Crippen LogP contribution is -2.26. The number of amides is 1. The van der Waals surface area contributed by atoms with Crippen molar-refractivity contribution in [1.82, 2.24) is 15.2 Å². The minimum Gasteiger partial charge on any atom is -0.420 e. The Morgan fingerprint density at radius 3 is 2.42 bits per heavy atom. The van der Waals surface area contributed by atoms with Crippen LogP contribution in [0.2, 0.25) is 10.0 Å². The number of hydrogen-bond donors (Lipinski definition) is 1. The summed E-state index contributed by atoms with van der Waals surface area (Å²) in [4.78, 5) is 16.8. The van der Waals surface area contributed by atoms with E-state index in [4.69, 9.17) is 33.4 Å². The van der Waals surface area contributed by atoms with E-state index in [1.807, 2.05) is 44.2 Å². The molecule has 0 aliphatic heterocycles. The zero-order chi connectivity index (χ0) is 22.2. The molecule has 4 rings (SSSR count). The molecule has 0 fully saturated rings. The molecule has 0 unspecified atom stereocenters. The summed E-state index contributed by atoms with van der Waals surface area (Å²) in [6.45, 7) is 3.74. The molecule has 8 heteroatoms. The van der Waals surface area contributed by atoms with Crippen LogP contribution < -0.4 is 5.73 Å². The Bertz CT molecular complexity index is 1270. The van der Waals surface area contributed by atoms with E-state index in [2.05, 4.69) is 15.2 Å². The molecule has 6 nitrogen and oxygen atoms in total. The zero-order valence-electron chi connectivity index (χ0n) is 16.8. The van der Waals surface area contributed by atoms with Crippen molar-refractivity contribution in [2.24, 2.45) is 5.73 Å². The van der Waals surface area contributed by atoms with E-state index >= 15 is 0 Å². The van der Waals surface area contributed by atoms with Crippen LogP contribution in [0.1, 0.15) is 35.8 Å². The number of pyridine rings is 1. The number of carbonyl (C=O) groups is 1. The maximum atomic E-state index is 12.3. The lowest BCUT2D eigenvalue weighted by atomic mass is 9.83. The largest absolute Gasteiger partial charge is 0.420 e. The molecule has 4 aromatic rings. The number of carbonyl (C=O) groups excluding carboxylic acids is 1. The lowest BCUT2D eigenvalue weighted by Gasteiger charge is -2.23. The number of aromatic nitrogens is 3. The minimum atomic E-state index is -0.820. The van der Waals surface area contributed by atoms with Gasteiger partial charge in [-0.15, -0.1) is 10.2 Å². The van der Waals surface area contributed by atoms with E-state index in [1.165, 1.54) is 0 Å². The Morgan fingerprint density at radius 1 is 1.00 bits per heavy atom. The fraction of sp³-hybridized carbons (Fsp3) is 0.130. The van der Waals surface area contributed by atoms with Gasteiger partial charge >= 0.3 is 0 Å². The van der Waals surface area contributed by atoms with Crippen LogP contribution in [0.15, 0.2) is 65.1 Å². The third kappa shape index (κ3) is 4.04. The van der Waals surface area contributed by atoms with Crippen LogP contribution in [0.4, 0.5) is 0 Å². The molecular formula is C23H18Cl2N4O2. The van der Waals surface area contributed by atoms with Crippen molar-refractivity contribution in [3.05, 3.63) is 87.9 Å². The van der Waals surface area contributed by atoms with Crippen molar-refractivity contribution < 1.29 is 9.21 Å². The molecule has 2 aromatic carbocycles. The summed E-state index contributed by atoms with van der Waals surface area (Å²) < 4.78 is 5.93. The number of nitrogens with zero attached hydrogens (tertiary/aromatic N) is 3. The summed E-state index contributed by atoms with van der Waals surface area (Å²) in [5.74, 6) is 0.0626. The summed E-state index contributed by atoms with van der Waals surface area (Å²) in [5, 5.41) is 9.30. The zero-order valence-corrected chi connectivity index (χ0v) is 18.3. The van der Waals surface area contributed by atoms with Crippen LogP contribution in [0.5, 0.6) is 0 Å². The Morgan fingerprint density at radius 2 is 1.74 bits per heavy atom. The molecule has 156 valence electrons. The molecule has 0 bridgehead atoms. The van der Waals surface area contributed by atoms with Crippen LogP contribution in [0, 0.1) is 0 Å². The highest BCUT2D eigenvalue weighted by Gasteiger charge is 2.34. The van der Waals surface area contributed by atoms with Gasteiger partial charge in [0.1, 0.15) is 5.69 Å². The Hall–Kier alpha value is -3.22. The van der Waals surface area contributed by atoms with Crippen LogP contribution >= 0.6 is 23.2 Å². The quantitative estimate of drug-likeness (QED) is 0.429. The van der Waals surface area contributed by atoms with E-state index in [9.17, 15) is 4.79 Å². The van der Waals surface area contributed by atoms with Gasteiger partial charge in [0, 0.05) is 16.1 Å². The van der Waals surface area contributed by atoms with Gasteiger partial charge in [0.05, 0.1) is 16.1 Å². The van der Waals surface area contributed by atoms with Gasteiger partial charge in [-0.05, 0) is 55.8 Å². The topological polar surface area (TPSA) is 94.9 Å². The van der Waals surface area contributed by atoms with Gasteiger partial charge in [0.25, 0.3) is 5.91 Å². The van der Waals surface area contributed by atoms with Gasteiger partial charge < -0.3 is 10.2 Å². The lowest BCUT2D eigenvalue weighted by molar-refractivity contribution is 0.0993. The molecule has 2 heterocycles. The number of hydrogen-bond acceptors (Lipinski definition) is 5. The Balaban J connectivity index is 1.78. The summed E-state index contributed by atoms with van der Waals surface area (Å²) in [6.07, 6.45) is 0. The summed E-state index contributed by atoms with van der Waals surface area (Å²) >= 11 is 12.3. The number of primary amides is 1. The van der Waals surface area contributed by atoms with Crippen LogP contribution in [0.3, 0.4) is 0 Å². The number of nitrogens with two attached hydrogens (primary N) is 1. The van der Waals surface area contributed by atoms with Gasteiger partial charge in [-0.3, -0.25) is 4.79 Å². The smallest absolute Gasteiger partial charge is 0.267 e. The van der Waals surface area contributed by atoms with Crippen molar-refractivity contribution in [3.8, 4) is 22.7 Å². The maximum absolute atomic E-state index is 12.3. The van der Waals surface area contributed by atoms with Crippen molar-refractivity contribution >= 4 is 29.1 Å². The van der Waals surface area contributed by atoms with E-state index in [0.29, 0.717) is 38.6 Å². The van der Waals surface area contributed by atoms with Crippen LogP contribution in [-0.4, -0.2) is 21.1 Å². The second-order valence-electron chi connectivity index (χ2n) is 7.48. The van der Waals surface area contributed by atoms with Gasteiger partial charge in [-0.25, -0.2) is 4.98 Å². The second-order valence-corrected chi connectivity index (χ2v) is 8.33. The fourth-order valence-electron chi connectivity index (χ4n) is 3.29. The van der Waals surface area contributed by atoms with E-state index < -0.39 is 11.3 Å². The third-order valence-corrected chi connectivity index (χ3v) is 5.54. The predicted molar refractivity (Wildman–Crippen MR) is 120 cm³/mol. The SMILES string of the molecule is CC(C)(c1nnc(-c2ccccc2)o1)c1ccc(-c2ccc(Cl)cc2Cl)nc1C(N)=O. The first-order chi connectivity index (χ1) is 14.8. The number of benzene rings is 2. The molecule has 0 aliphatic carbocycles. The first-order valence-electron chi connectivity index (χ1n) is 9.43. The van der Waals surface area contributed by atoms with Crippen molar-refractivity contribution in [2.75, 3.05) is 0 Å². The molecular weight excluding hydrogens is 435 g/mol. The minimum absolute atomic E-state index is 0.105. The number of halogens is 2. The first kappa shape index (κ1) is 21.0. The fourth-order valence-corrected chi connectivity index (χ4v) is 3.79. The average Bonchev–Trinajstić information content (AvgIpc) is 3.25. The monoisotopic (exact) mass is 452 g/mol. The van der Waals surface area contributed by atoms with E-state index in [1.54, 1.807) is 30.3 Å². The summed E-state index contributed by atoms with van der Waals surface area (Å²) in [5.41, 5.74) is 7.47. The molecule has 0 spiro atoms. The molecule has 31 heavy (non-hydrogen) atoms. The normalized spacial score (nSPS) is 11.5. The molecule has 2 aromatic heterocycles.